The van der Waals surface area contributed by atoms with Crippen LogP contribution >= 0.6 is 0 Å². The SMILES string of the molecule is CCOC(=N)c1cn([C@@H]2O[C@H](CO)[C@@H](O)[C@H]2O)c2ncnc(N)c12. The molecular formula is C14H19N5O5. The molecule has 0 radical (unpaired) electrons. The Labute approximate surface area is 137 Å². The van der Waals surface area contributed by atoms with Crippen LogP contribution in [0.15, 0.2) is 12.5 Å². The third kappa shape index (κ3) is 2.49. The van der Waals surface area contributed by atoms with Gasteiger partial charge in [-0.25, -0.2) is 9.97 Å². The van der Waals surface area contributed by atoms with E-state index >= 15 is 0 Å². The van der Waals surface area contributed by atoms with E-state index in [1.807, 2.05) is 0 Å². The number of anilines is 1. The van der Waals surface area contributed by atoms with Gasteiger partial charge in [-0.05, 0) is 6.92 Å². The zero-order chi connectivity index (χ0) is 17.4. The molecule has 3 heterocycles. The summed E-state index contributed by atoms with van der Waals surface area (Å²) in [5.41, 5.74) is 6.59. The van der Waals surface area contributed by atoms with Gasteiger partial charge >= 0.3 is 0 Å². The second-order valence-corrected chi connectivity index (χ2v) is 5.40. The third-order valence-electron chi connectivity index (χ3n) is 3.96. The van der Waals surface area contributed by atoms with Crippen LogP contribution in [0.4, 0.5) is 5.82 Å². The van der Waals surface area contributed by atoms with Gasteiger partial charge in [0.25, 0.3) is 0 Å². The molecule has 24 heavy (non-hydrogen) atoms. The highest BCUT2D eigenvalue weighted by Crippen LogP contribution is 2.34. The third-order valence-corrected chi connectivity index (χ3v) is 3.96. The van der Waals surface area contributed by atoms with Gasteiger partial charge in [0, 0.05) is 6.20 Å². The number of hydrogen-bond acceptors (Lipinski definition) is 9. The largest absolute Gasteiger partial charge is 0.478 e. The van der Waals surface area contributed by atoms with Crippen molar-refractivity contribution >= 4 is 22.7 Å². The van der Waals surface area contributed by atoms with Crippen molar-refractivity contribution in [2.45, 2.75) is 31.5 Å². The smallest absolute Gasteiger partial charge is 0.215 e. The molecule has 3 rings (SSSR count). The first-order valence-corrected chi connectivity index (χ1v) is 7.44. The van der Waals surface area contributed by atoms with Crippen LogP contribution in [0, 0.1) is 5.41 Å². The Bertz CT molecular complexity index is 763. The lowest BCUT2D eigenvalue weighted by Gasteiger charge is -2.17. The van der Waals surface area contributed by atoms with Gasteiger partial charge in [-0.15, -0.1) is 0 Å². The Hall–Kier alpha value is -2.27. The van der Waals surface area contributed by atoms with E-state index in [4.69, 9.17) is 20.6 Å². The van der Waals surface area contributed by atoms with Crippen LogP contribution in [0.1, 0.15) is 18.7 Å². The number of nitrogens with two attached hydrogens (primary N) is 1. The van der Waals surface area contributed by atoms with Crippen LogP contribution in [0.3, 0.4) is 0 Å². The van der Waals surface area contributed by atoms with E-state index in [9.17, 15) is 15.3 Å². The topological polar surface area (TPSA) is 160 Å². The molecule has 0 spiro atoms. The molecule has 2 aromatic rings. The molecule has 0 amide bonds. The molecule has 0 aromatic carbocycles. The van der Waals surface area contributed by atoms with Crippen LogP contribution in [0.5, 0.6) is 0 Å². The molecule has 10 heteroatoms. The highest BCUT2D eigenvalue weighted by Gasteiger charge is 2.44. The summed E-state index contributed by atoms with van der Waals surface area (Å²) in [5.74, 6) is 0.0411. The number of fused-ring (bicyclic) bond motifs is 1. The molecule has 1 aliphatic heterocycles. The van der Waals surface area contributed by atoms with Crippen molar-refractivity contribution in [3.05, 3.63) is 18.1 Å². The van der Waals surface area contributed by atoms with Crippen LogP contribution in [-0.2, 0) is 9.47 Å². The number of hydrogen-bond donors (Lipinski definition) is 5. The van der Waals surface area contributed by atoms with E-state index in [1.165, 1.54) is 17.1 Å². The number of nitrogens with zero attached hydrogens (tertiary/aromatic N) is 3. The molecule has 0 saturated carbocycles. The average Bonchev–Trinajstić information content (AvgIpc) is 3.08. The van der Waals surface area contributed by atoms with E-state index in [1.54, 1.807) is 6.92 Å². The van der Waals surface area contributed by atoms with Gasteiger partial charge in [0.2, 0.25) is 5.90 Å². The molecular weight excluding hydrogens is 318 g/mol. The average molecular weight is 337 g/mol. The summed E-state index contributed by atoms with van der Waals surface area (Å²) in [7, 11) is 0. The van der Waals surface area contributed by atoms with E-state index in [2.05, 4.69) is 9.97 Å². The number of ether oxygens (including phenoxy) is 2. The second kappa shape index (κ2) is 6.32. The number of aliphatic hydroxyl groups excluding tert-OH is 3. The Morgan fingerprint density at radius 1 is 1.42 bits per heavy atom. The number of aliphatic hydroxyl groups is 3. The lowest BCUT2D eigenvalue weighted by Crippen LogP contribution is -2.33. The van der Waals surface area contributed by atoms with Gasteiger partial charge in [0.15, 0.2) is 6.23 Å². The second-order valence-electron chi connectivity index (χ2n) is 5.40. The normalized spacial score (nSPS) is 26.8. The molecule has 6 N–H and O–H groups in total. The Kier molecular flexibility index (Phi) is 4.37. The maximum Gasteiger partial charge on any atom is 0.215 e. The maximum atomic E-state index is 10.2. The van der Waals surface area contributed by atoms with E-state index in [-0.39, 0.29) is 11.7 Å². The monoisotopic (exact) mass is 337 g/mol. The molecule has 4 atom stereocenters. The summed E-state index contributed by atoms with van der Waals surface area (Å²) in [6.45, 7) is 1.61. The van der Waals surface area contributed by atoms with Gasteiger partial charge in [0.05, 0.1) is 24.2 Å². The summed E-state index contributed by atoms with van der Waals surface area (Å²) in [6, 6.07) is 0. The van der Waals surface area contributed by atoms with Crippen molar-refractivity contribution in [2.24, 2.45) is 0 Å². The number of nitrogen functional groups attached to an aromatic ring is 1. The number of aromatic nitrogens is 3. The first kappa shape index (κ1) is 16.6. The molecule has 1 saturated heterocycles. The Morgan fingerprint density at radius 2 is 2.17 bits per heavy atom. The van der Waals surface area contributed by atoms with Gasteiger partial charge < -0.3 is 35.1 Å². The predicted molar refractivity (Wildman–Crippen MR) is 83.4 cm³/mol. The first-order chi connectivity index (χ1) is 11.5. The summed E-state index contributed by atoms with van der Waals surface area (Å²) < 4.78 is 12.2. The zero-order valence-electron chi connectivity index (χ0n) is 13.0. The molecule has 0 unspecified atom stereocenters. The highest BCUT2D eigenvalue weighted by molar-refractivity contribution is 6.08. The van der Waals surface area contributed by atoms with Gasteiger partial charge in [0.1, 0.15) is 36.1 Å². The molecule has 10 nitrogen and oxygen atoms in total. The molecule has 130 valence electrons. The summed E-state index contributed by atoms with van der Waals surface area (Å²) in [4.78, 5) is 8.07. The summed E-state index contributed by atoms with van der Waals surface area (Å²) in [6.07, 6.45) is -1.67. The lowest BCUT2D eigenvalue weighted by atomic mass is 10.1. The molecule has 2 aromatic heterocycles. The van der Waals surface area contributed by atoms with Crippen LogP contribution in [0.25, 0.3) is 11.0 Å². The van der Waals surface area contributed by atoms with Crippen molar-refractivity contribution in [3.63, 3.8) is 0 Å². The van der Waals surface area contributed by atoms with Gasteiger partial charge in [-0.3, -0.25) is 5.41 Å². The standard InChI is InChI=1S/C14H19N5O5/c1-2-23-12(16)6-3-19(13-8(6)11(15)17-5-18-13)14-10(22)9(21)7(4-20)24-14/h3,5,7,9-10,14,16,20-22H,2,4H2,1H3,(H2,15,17,18)/t7-,9-,10-,14-/m1/s1. The van der Waals surface area contributed by atoms with Crippen LogP contribution in [-0.4, -0.2) is 67.3 Å². The lowest BCUT2D eigenvalue weighted by molar-refractivity contribution is -0.0508. The molecule has 0 bridgehead atoms. The molecule has 0 aliphatic carbocycles. The Morgan fingerprint density at radius 3 is 2.79 bits per heavy atom. The highest BCUT2D eigenvalue weighted by atomic mass is 16.6. The fourth-order valence-corrected chi connectivity index (χ4v) is 2.81. The molecule has 1 fully saturated rings. The molecule has 1 aliphatic rings. The van der Waals surface area contributed by atoms with E-state index in [0.717, 1.165) is 0 Å². The fraction of sp³-hybridized carbons (Fsp3) is 0.500. The van der Waals surface area contributed by atoms with Crippen molar-refractivity contribution in [3.8, 4) is 0 Å². The zero-order valence-corrected chi connectivity index (χ0v) is 13.0. The van der Waals surface area contributed by atoms with E-state index in [0.29, 0.717) is 23.2 Å². The fourth-order valence-electron chi connectivity index (χ4n) is 2.81. The first-order valence-electron chi connectivity index (χ1n) is 7.44. The number of rotatable bonds is 4. The van der Waals surface area contributed by atoms with Crippen molar-refractivity contribution in [1.29, 1.82) is 5.41 Å². The van der Waals surface area contributed by atoms with Crippen molar-refractivity contribution in [2.75, 3.05) is 18.9 Å². The minimum absolute atomic E-state index is 0.116. The van der Waals surface area contributed by atoms with E-state index < -0.39 is 31.1 Å². The maximum absolute atomic E-state index is 10.2. The predicted octanol–water partition coefficient (Wildman–Crippen LogP) is -1.01. The van der Waals surface area contributed by atoms with Crippen molar-refractivity contribution < 1.29 is 24.8 Å². The Balaban J connectivity index is 2.12. The van der Waals surface area contributed by atoms with Crippen molar-refractivity contribution in [1.82, 2.24) is 14.5 Å². The van der Waals surface area contributed by atoms with Gasteiger partial charge in [-0.2, -0.15) is 0 Å². The summed E-state index contributed by atoms with van der Waals surface area (Å²) in [5, 5.41) is 37.8. The quantitative estimate of drug-likeness (QED) is 0.350. The van der Waals surface area contributed by atoms with Gasteiger partial charge in [-0.1, -0.05) is 0 Å². The summed E-state index contributed by atoms with van der Waals surface area (Å²) >= 11 is 0. The van der Waals surface area contributed by atoms with Crippen LogP contribution in [0.2, 0.25) is 0 Å². The number of nitrogens with one attached hydrogen (secondary N) is 1. The minimum atomic E-state index is -1.27. The van der Waals surface area contributed by atoms with Crippen LogP contribution < -0.4 is 5.73 Å². The minimum Gasteiger partial charge on any atom is -0.478 e.